The molecule has 0 fully saturated rings. The molecule has 6 nitrogen and oxygen atoms in total. The number of ketones is 1. The lowest BCUT2D eigenvalue weighted by Gasteiger charge is -2.07. The smallest absolute Gasteiger partial charge is 0.387 e. The molecule has 96 valence electrons. The number of nitro groups is 1. The van der Waals surface area contributed by atoms with Crippen LogP contribution in [0.3, 0.4) is 0 Å². The Bertz CT molecular complexity index is 515. The van der Waals surface area contributed by atoms with Crippen LogP contribution in [0.2, 0.25) is 0 Å². The molecular formula is C10H7F2NO5. The van der Waals surface area contributed by atoms with Crippen molar-refractivity contribution in [3.05, 3.63) is 33.4 Å². The van der Waals surface area contributed by atoms with E-state index in [1.165, 1.54) is 0 Å². The first-order valence-corrected chi connectivity index (χ1v) is 4.60. The second kappa shape index (κ2) is 5.30. The Balaban J connectivity index is 3.48. The number of Topliss-reactive ketones (excluding diaryl/α,β-unsaturated/α-hetero) is 1. The number of rotatable bonds is 5. The van der Waals surface area contributed by atoms with E-state index >= 15 is 0 Å². The van der Waals surface area contributed by atoms with Crippen LogP contribution in [-0.2, 0) is 0 Å². The molecule has 0 bridgehead atoms. The van der Waals surface area contributed by atoms with E-state index in [1.807, 2.05) is 0 Å². The van der Waals surface area contributed by atoms with Crippen LogP contribution < -0.4 is 4.74 Å². The van der Waals surface area contributed by atoms with Crippen molar-refractivity contribution in [2.75, 3.05) is 0 Å². The minimum Gasteiger partial charge on any atom is -0.435 e. The van der Waals surface area contributed by atoms with Crippen molar-refractivity contribution in [3.63, 3.8) is 0 Å². The number of nitrogens with zero attached hydrogens (tertiary/aromatic N) is 1. The molecule has 0 N–H and O–H groups in total. The highest BCUT2D eigenvalue weighted by Gasteiger charge is 2.24. The number of hydrogen-bond donors (Lipinski definition) is 0. The Morgan fingerprint density at radius 1 is 1.50 bits per heavy atom. The summed E-state index contributed by atoms with van der Waals surface area (Å²) in [6.07, 6.45) is 0.100. The largest absolute Gasteiger partial charge is 0.435 e. The van der Waals surface area contributed by atoms with E-state index in [-0.39, 0.29) is 6.29 Å². The molecule has 0 aliphatic heterocycles. The van der Waals surface area contributed by atoms with E-state index < -0.39 is 39.9 Å². The van der Waals surface area contributed by atoms with Gasteiger partial charge in [0.25, 0.3) is 5.69 Å². The molecule has 1 aromatic rings. The second-order valence-electron chi connectivity index (χ2n) is 3.22. The average molecular weight is 259 g/mol. The third kappa shape index (κ3) is 2.84. The summed E-state index contributed by atoms with van der Waals surface area (Å²) in [5.41, 5.74) is -1.68. The zero-order chi connectivity index (χ0) is 13.9. The SMILES string of the molecule is CC(=O)c1cc(OC(F)F)cc(C=O)c1[N+](=O)[O-]. The fourth-order valence-electron chi connectivity index (χ4n) is 1.36. The summed E-state index contributed by atoms with van der Waals surface area (Å²) < 4.78 is 28.1. The highest BCUT2D eigenvalue weighted by Crippen LogP contribution is 2.29. The lowest BCUT2D eigenvalue weighted by molar-refractivity contribution is -0.385. The summed E-state index contributed by atoms with van der Waals surface area (Å²) in [6.45, 7) is -2.14. The fraction of sp³-hybridized carbons (Fsp3) is 0.200. The van der Waals surface area contributed by atoms with Crippen molar-refractivity contribution in [3.8, 4) is 5.75 Å². The van der Waals surface area contributed by atoms with Gasteiger partial charge in [-0.1, -0.05) is 0 Å². The van der Waals surface area contributed by atoms with E-state index in [1.54, 1.807) is 0 Å². The number of aldehydes is 1. The summed E-state index contributed by atoms with van der Waals surface area (Å²) in [7, 11) is 0. The molecule has 0 saturated carbocycles. The van der Waals surface area contributed by atoms with Crippen molar-refractivity contribution in [1.29, 1.82) is 0 Å². The standard InChI is InChI=1S/C10H7F2NO5/c1-5(15)8-3-7(18-10(11)12)2-6(4-14)9(8)13(16)17/h2-4,10H,1H3. The Hall–Kier alpha value is -2.38. The highest BCUT2D eigenvalue weighted by atomic mass is 19.3. The van der Waals surface area contributed by atoms with Gasteiger partial charge in [0.15, 0.2) is 12.1 Å². The first-order chi connectivity index (χ1) is 8.36. The number of alkyl halides is 2. The molecule has 0 atom stereocenters. The monoisotopic (exact) mass is 259 g/mol. The van der Waals surface area contributed by atoms with Gasteiger partial charge >= 0.3 is 6.61 Å². The number of hydrogen-bond acceptors (Lipinski definition) is 5. The first-order valence-electron chi connectivity index (χ1n) is 4.60. The van der Waals surface area contributed by atoms with Gasteiger partial charge in [0.2, 0.25) is 0 Å². The van der Waals surface area contributed by atoms with Crippen LogP contribution in [-0.4, -0.2) is 23.6 Å². The molecular weight excluding hydrogens is 252 g/mol. The van der Waals surface area contributed by atoms with Crippen LogP contribution in [0.1, 0.15) is 27.6 Å². The van der Waals surface area contributed by atoms with Crippen LogP contribution in [0, 0.1) is 10.1 Å². The number of nitro benzene ring substituents is 1. The third-order valence-corrected chi connectivity index (χ3v) is 2.03. The Morgan fingerprint density at radius 3 is 2.50 bits per heavy atom. The lowest BCUT2D eigenvalue weighted by atomic mass is 10.0. The number of carbonyl (C=O) groups excluding carboxylic acids is 2. The molecule has 0 amide bonds. The van der Waals surface area contributed by atoms with Gasteiger partial charge in [-0.3, -0.25) is 19.7 Å². The molecule has 8 heteroatoms. The molecule has 0 heterocycles. The van der Waals surface area contributed by atoms with Gasteiger partial charge in [0, 0.05) is 0 Å². The summed E-state index contributed by atoms with van der Waals surface area (Å²) in [4.78, 5) is 31.7. The topological polar surface area (TPSA) is 86.5 Å². The van der Waals surface area contributed by atoms with Crippen molar-refractivity contribution >= 4 is 17.8 Å². The summed E-state index contributed by atoms with van der Waals surface area (Å²) in [5.74, 6) is -1.22. The van der Waals surface area contributed by atoms with Crippen LogP contribution >= 0.6 is 0 Å². The summed E-state index contributed by atoms with van der Waals surface area (Å²) in [6, 6.07) is 1.59. The van der Waals surface area contributed by atoms with Crippen LogP contribution in [0.5, 0.6) is 5.75 Å². The van der Waals surface area contributed by atoms with E-state index in [0.29, 0.717) is 0 Å². The van der Waals surface area contributed by atoms with Crippen LogP contribution in [0.15, 0.2) is 12.1 Å². The maximum absolute atomic E-state index is 12.0. The molecule has 0 saturated heterocycles. The van der Waals surface area contributed by atoms with Gasteiger partial charge in [-0.25, -0.2) is 0 Å². The number of ether oxygens (including phenoxy) is 1. The maximum atomic E-state index is 12.0. The predicted molar refractivity (Wildman–Crippen MR) is 55.1 cm³/mol. The van der Waals surface area contributed by atoms with Crippen LogP contribution in [0.4, 0.5) is 14.5 Å². The number of halogens is 2. The van der Waals surface area contributed by atoms with E-state index in [4.69, 9.17) is 0 Å². The molecule has 1 aromatic carbocycles. The molecule has 0 aliphatic rings. The van der Waals surface area contributed by atoms with Gasteiger partial charge in [-0.15, -0.1) is 0 Å². The quantitative estimate of drug-likeness (QED) is 0.350. The van der Waals surface area contributed by atoms with Crippen LogP contribution in [0.25, 0.3) is 0 Å². The predicted octanol–water partition coefficient (Wildman–Crippen LogP) is 2.21. The molecule has 0 unspecified atom stereocenters. The normalized spacial score (nSPS) is 10.2. The molecule has 18 heavy (non-hydrogen) atoms. The molecule has 0 radical (unpaired) electrons. The van der Waals surface area contributed by atoms with E-state index in [2.05, 4.69) is 4.74 Å². The van der Waals surface area contributed by atoms with Gasteiger partial charge in [-0.05, 0) is 19.1 Å². The van der Waals surface area contributed by atoms with Gasteiger partial charge in [-0.2, -0.15) is 8.78 Å². The van der Waals surface area contributed by atoms with Gasteiger partial charge < -0.3 is 4.74 Å². The Morgan fingerprint density at radius 2 is 2.11 bits per heavy atom. The van der Waals surface area contributed by atoms with Gasteiger partial charge in [0.05, 0.1) is 16.1 Å². The maximum Gasteiger partial charge on any atom is 0.387 e. The molecule has 0 aliphatic carbocycles. The number of benzene rings is 1. The average Bonchev–Trinajstić information content (AvgIpc) is 2.26. The second-order valence-corrected chi connectivity index (χ2v) is 3.22. The number of carbonyl (C=O) groups is 2. The van der Waals surface area contributed by atoms with Crippen molar-refractivity contribution in [1.82, 2.24) is 0 Å². The molecule has 1 rings (SSSR count). The third-order valence-electron chi connectivity index (χ3n) is 2.03. The summed E-state index contributed by atoms with van der Waals surface area (Å²) >= 11 is 0. The Labute approximate surface area is 99.3 Å². The fourth-order valence-corrected chi connectivity index (χ4v) is 1.36. The van der Waals surface area contributed by atoms with E-state index in [0.717, 1.165) is 19.1 Å². The molecule has 0 spiro atoms. The lowest BCUT2D eigenvalue weighted by Crippen LogP contribution is -2.07. The van der Waals surface area contributed by atoms with Crippen molar-refractivity contribution < 1.29 is 28.0 Å². The van der Waals surface area contributed by atoms with Crippen molar-refractivity contribution in [2.24, 2.45) is 0 Å². The van der Waals surface area contributed by atoms with Crippen molar-refractivity contribution in [2.45, 2.75) is 13.5 Å². The zero-order valence-corrected chi connectivity index (χ0v) is 9.05. The van der Waals surface area contributed by atoms with E-state index in [9.17, 15) is 28.5 Å². The first kappa shape index (κ1) is 13.7. The minimum absolute atomic E-state index is 0.100. The Kier molecular flexibility index (Phi) is 4.03. The zero-order valence-electron chi connectivity index (χ0n) is 9.05. The minimum atomic E-state index is -3.16. The highest BCUT2D eigenvalue weighted by molar-refractivity contribution is 6.02. The summed E-state index contributed by atoms with van der Waals surface area (Å²) in [5, 5.41) is 10.7. The molecule has 0 aromatic heterocycles. The van der Waals surface area contributed by atoms with Gasteiger partial charge in [0.1, 0.15) is 5.75 Å².